The molecule has 0 saturated carbocycles. The van der Waals surface area contributed by atoms with Gasteiger partial charge in [-0.2, -0.15) is 0 Å². The zero-order valence-corrected chi connectivity index (χ0v) is 16.1. The predicted octanol–water partition coefficient (Wildman–Crippen LogP) is 1.24. The molecular formula is C21H29N3O3. The van der Waals surface area contributed by atoms with Crippen LogP contribution in [-0.2, 0) is 22.4 Å². The van der Waals surface area contributed by atoms with Gasteiger partial charge in [0, 0.05) is 44.2 Å². The molecule has 1 aromatic rings. The van der Waals surface area contributed by atoms with Gasteiger partial charge in [-0.05, 0) is 43.9 Å². The van der Waals surface area contributed by atoms with Gasteiger partial charge in [0.15, 0.2) is 0 Å². The highest BCUT2D eigenvalue weighted by molar-refractivity contribution is 5.81. The molecule has 6 heteroatoms. The summed E-state index contributed by atoms with van der Waals surface area (Å²) in [6, 6.07) is 9.29. The lowest BCUT2D eigenvalue weighted by Crippen LogP contribution is -2.63. The molecule has 2 saturated heterocycles. The number of amides is 1. The smallest absolute Gasteiger partial charge is 0.323 e. The number of hydrogen-bond donors (Lipinski definition) is 1. The monoisotopic (exact) mass is 371 g/mol. The van der Waals surface area contributed by atoms with E-state index in [0.29, 0.717) is 19.0 Å². The van der Waals surface area contributed by atoms with E-state index >= 15 is 0 Å². The molecule has 2 heterocycles. The molecule has 146 valence electrons. The van der Waals surface area contributed by atoms with E-state index in [4.69, 9.17) is 5.11 Å². The summed E-state index contributed by atoms with van der Waals surface area (Å²) >= 11 is 0. The van der Waals surface area contributed by atoms with Crippen LogP contribution in [0.3, 0.4) is 0 Å². The van der Waals surface area contributed by atoms with Gasteiger partial charge in [0.25, 0.3) is 0 Å². The van der Waals surface area contributed by atoms with Gasteiger partial charge >= 0.3 is 5.97 Å². The molecule has 3 aliphatic rings. The van der Waals surface area contributed by atoms with Gasteiger partial charge in [0.05, 0.1) is 0 Å². The number of carbonyl (C=O) groups excluding carboxylic acids is 1. The second-order valence-corrected chi connectivity index (χ2v) is 8.41. The number of aliphatic carboxylic acids is 1. The second-order valence-electron chi connectivity index (χ2n) is 8.41. The van der Waals surface area contributed by atoms with Crippen molar-refractivity contribution in [3.05, 3.63) is 35.4 Å². The van der Waals surface area contributed by atoms with Crippen LogP contribution in [0, 0.1) is 0 Å². The number of carboxylic acids is 1. The highest BCUT2D eigenvalue weighted by Crippen LogP contribution is 2.35. The molecule has 1 unspecified atom stereocenters. The van der Waals surface area contributed by atoms with Gasteiger partial charge in [-0.3, -0.25) is 19.4 Å². The molecule has 1 spiro atoms. The van der Waals surface area contributed by atoms with Crippen LogP contribution in [0.25, 0.3) is 0 Å². The summed E-state index contributed by atoms with van der Waals surface area (Å²) in [6.45, 7) is 3.38. The fourth-order valence-electron chi connectivity index (χ4n) is 5.16. The summed E-state index contributed by atoms with van der Waals surface area (Å²) in [5.41, 5.74) is 2.91. The van der Waals surface area contributed by atoms with Gasteiger partial charge in [-0.1, -0.05) is 24.3 Å². The summed E-state index contributed by atoms with van der Waals surface area (Å²) in [5.74, 6) is -0.949. The third-order valence-corrected chi connectivity index (χ3v) is 6.91. The standard InChI is InChI=1S/C21H29N3O3/c1-22-10-11-24(18-12-16-4-2-3-5-17(16)13-18)15-21(22)7-6-19(25)23(9-8-21)14-20(26)27/h2-5,18H,6-15H2,1H3,(H,26,27). The molecule has 0 bridgehead atoms. The molecule has 2 fully saturated rings. The Morgan fingerprint density at radius 3 is 2.52 bits per heavy atom. The Kier molecular flexibility index (Phi) is 4.95. The van der Waals surface area contributed by atoms with Crippen LogP contribution < -0.4 is 0 Å². The van der Waals surface area contributed by atoms with E-state index in [-0.39, 0.29) is 18.0 Å². The van der Waals surface area contributed by atoms with Crippen LogP contribution in [0.2, 0.25) is 0 Å². The fourth-order valence-corrected chi connectivity index (χ4v) is 5.16. The Morgan fingerprint density at radius 2 is 1.85 bits per heavy atom. The lowest BCUT2D eigenvalue weighted by atomic mass is 9.85. The zero-order valence-electron chi connectivity index (χ0n) is 16.1. The maximum Gasteiger partial charge on any atom is 0.323 e. The molecule has 1 aromatic carbocycles. The normalized spacial score (nSPS) is 27.7. The van der Waals surface area contributed by atoms with Crippen molar-refractivity contribution in [2.75, 3.05) is 39.8 Å². The number of carbonyl (C=O) groups is 2. The SMILES string of the molecule is CN1CCN(C2Cc3ccccc3C2)CC12CCC(=O)N(CC(=O)O)CC2. The minimum absolute atomic E-state index is 0.0203. The average Bonchev–Trinajstić information content (AvgIpc) is 3.02. The highest BCUT2D eigenvalue weighted by Gasteiger charge is 2.44. The van der Waals surface area contributed by atoms with Gasteiger partial charge in [-0.25, -0.2) is 0 Å². The minimum Gasteiger partial charge on any atom is -0.480 e. The highest BCUT2D eigenvalue weighted by atomic mass is 16.4. The van der Waals surface area contributed by atoms with E-state index in [9.17, 15) is 9.59 Å². The number of fused-ring (bicyclic) bond motifs is 1. The van der Waals surface area contributed by atoms with Crippen molar-refractivity contribution in [3.63, 3.8) is 0 Å². The van der Waals surface area contributed by atoms with Crippen molar-refractivity contribution in [2.24, 2.45) is 0 Å². The molecule has 2 aliphatic heterocycles. The molecule has 1 amide bonds. The zero-order chi connectivity index (χ0) is 19.0. The summed E-state index contributed by atoms with van der Waals surface area (Å²) in [5, 5.41) is 9.09. The molecule has 1 aliphatic carbocycles. The van der Waals surface area contributed by atoms with E-state index in [0.717, 1.165) is 45.3 Å². The van der Waals surface area contributed by atoms with Crippen molar-refractivity contribution in [1.29, 1.82) is 0 Å². The molecule has 0 aromatic heterocycles. The van der Waals surface area contributed by atoms with Crippen molar-refractivity contribution in [2.45, 2.75) is 43.7 Å². The topological polar surface area (TPSA) is 64.1 Å². The number of rotatable bonds is 3. The maximum atomic E-state index is 12.4. The molecule has 27 heavy (non-hydrogen) atoms. The number of likely N-dealkylation sites (N-methyl/N-ethyl adjacent to an activating group) is 1. The summed E-state index contributed by atoms with van der Waals surface area (Å²) in [6.07, 6.45) is 4.32. The lowest BCUT2D eigenvalue weighted by molar-refractivity contribution is -0.144. The van der Waals surface area contributed by atoms with Crippen LogP contribution in [0.4, 0.5) is 0 Å². The number of nitrogens with zero attached hydrogens (tertiary/aromatic N) is 3. The van der Waals surface area contributed by atoms with E-state index in [1.54, 1.807) is 0 Å². The second kappa shape index (κ2) is 7.24. The predicted molar refractivity (Wildman–Crippen MR) is 103 cm³/mol. The first-order valence-electron chi connectivity index (χ1n) is 9.98. The Bertz CT molecular complexity index is 712. The van der Waals surface area contributed by atoms with E-state index in [2.05, 4.69) is 41.1 Å². The van der Waals surface area contributed by atoms with Crippen molar-refractivity contribution in [3.8, 4) is 0 Å². The maximum absolute atomic E-state index is 12.4. The first kappa shape index (κ1) is 18.4. The van der Waals surface area contributed by atoms with Crippen molar-refractivity contribution >= 4 is 11.9 Å². The number of carboxylic acid groups (broad SMARTS) is 1. The first-order chi connectivity index (χ1) is 13.0. The van der Waals surface area contributed by atoms with Crippen LogP contribution in [0.15, 0.2) is 24.3 Å². The summed E-state index contributed by atoms with van der Waals surface area (Å²) in [4.78, 5) is 30.0. The molecule has 1 N–H and O–H groups in total. The summed E-state index contributed by atoms with van der Waals surface area (Å²) < 4.78 is 0. The van der Waals surface area contributed by atoms with E-state index < -0.39 is 5.97 Å². The molecule has 6 nitrogen and oxygen atoms in total. The first-order valence-corrected chi connectivity index (χ1v) is 9.98. The Balaban J connectivity index is 1.48. The van der Waals surface area contributed by atoms with Crippen molar-refractivity contribution < 1.29 is 14.7 Å². The van der Waals surface area contributed by atoms with Gasteiger partial charge in [-0.15, -0.1) is 0 Å². The van der Waals surface area contributed by atoms with Gasteiger partial charge < -0.3 is 10.0 Å². The molecule has 1 atom stereocenters. The third-order valence-electron chi connectivity index (χ3n) is 6.91. The van der Waals surface area contributed by atoms with Gasteiger partial charge in [0.1, 0.15) is 6.54 Å². The number of piperazine rings is 1. The van der Waals surface area contributed by atoms with Crippen molar-refractivity contribution in [1.82, 2.24) is 14.7 Å². The molecular weight excluding hydrogens is 342 g/mol. The Hall–Kier alpha value is -1.92. The average molecular weight is 371 g/mol. The summed E-state index contributed by atoms with van der Waals surface area (Å²) in [7, 11) is 2.16. The van der Waals surface area contributed by atoms with Crippen LogP contribution in [-0.4, -0.2) is 83.0 Å². The van der Waals surface area contributed by atoms with Crippen LogP contribution >= 0.6 is 0 Å². The fraction of sp³-hybridized carbons (Fsp3) is 0.619. The van der Waals surface area contributed by atoms with Crippen LogP contribution in [0.5, 0.6) is 0 Å². The van der Waals surface area contributed by atoms with E-state index in [1.807, 2.05) is 0 Å². The molecule has 0 radical (unpaired) electrons. The largest absolute Gasteiger partial charge is 0.480 e. The number of benzene rings is 1. The number of likely N-dealkylation sites (tertiary alicyclic amines) is 1. The lowest BCUT2D eigenvalue weighted by Gasteiger charge is -2.51. The third kappa shape index (κ3) is 3.60. The van der Waals surface area contributed by atoms with Gasteiger partial charge in [0.2, 0.25) is 5.91 Å². The quantitative estimate of drug-likeness (QED) is 0.866. The Morgan fingerprint density at radius 1 is 1.15 bits per heavy atom. The Labute approximate surface area is 160 Å². The minimum atomic E-state index is -0.929. The number of hydrogen-bond acceptors (Lipinski definition) is 4. The van der Waals surface area contributed by atoms with E-state index in [1.165, 1.54) is 16.0 Å². The molecule has 4 rings (SSSR count). The van der Waals surface area contributed by atoms with Crippen LogP contribution in [0.1, 0.15) is 30.4 Å².